The molecule has 3 rings (SSSR count). The van der Waals surface area contributed by atoms with Crippen molar-refractivity contribution in [3.63, 3.8) is 0 Å². The summed E-state index contributed by atoms with van der Waals surface area (Å²) in [6.07, 6.45) is 2.30. The van der Waals surface area contributed by atoms with Crippen molar-refractivity contribution >= 4 is 5.91 Å². The van der Waals surface area contributed by atoms with E-state index in [1.807, 2.05) is 4.90 Å². The van der Waals surface area contributed by atoms with Gasteiger partial charge in [0.15, 0.2) is 0 Å². The Kier molecular flexibility index (Phi) is 4.97. The van der Waals surface area contributed by atoms with Crippen LogP contribution in [0.1, 0.15) is 45.0 Å². The molecule has 1 atom stereocenters. The van der Waals surface area contributed by atoms with Crippen LogP contribution in [0.5, 0.6) is 0 Å². The van der Waals surface area contributed by atoms with Gasteiger partial charge in [0, 0.05) is 38.1 Å². The maximum atomic E-state index is 11.8. The SMILES string of the molecule is CC(C)(C)c1cc2n(n1)CCN(CC1CCCN(C(=O)CN)C1)C2. The van der Waals surface area contributed by atoms with Gasteiger partial charge in [0.05, 0.1) is 24.5 Å². The lowest BCUT2D eigenvalue weighted by Crippen LogP contribution is -2.46. The van der Waals surface area contributed by atoms with Crippen LogP contribution in [-0.4, -0.2) is 58.2 Å². The molecule has 0 aliphatic carbocycles. The molecule has 2 N–H and O–H groups in total. The molecule has 1 aromatic heterocycles. The summed E-state index contributed by atoms with van der Waals surface area (Å²) in [6.45, 7) is 12.5. The number of fused-ring (bicyclic) bond motifs is 1. The molecule has 0 radical (unpaired) electrons. The summed E-state index contributed by atoms with van der Waals surface area (Å²) >= 11 is 0. The molecule has 2 aliphatic rings. The fourth-order valence-corrected chi connectivity index (χ4v) is 3.78. The summed E-state index contributed by atoms with van der Waals surface area (Å²) in [5.41, 5.74) is 8.10. The lowest BCUT2D eigenvalue weighted by Gasteiger charge is -2.36. The summed E-state index contributed by atoms with van der Waals surface area (Å²) in [5.74, 6) is 0.650. The number of nitrogens with two attached hydrogens (primary N) is 1. The molecule has 2 aliphatic heterocycles. The molecule has 6 heteroatoms. The number of aromatic nitrogens is 2. The number of hydrogen-bond acceptors (Lipinski definition) is 4. The van der Waals surface area contributed by atoms with E-state index in [4.69, 9.17) is 10.8 Å². The van der Waals surface area contributed by atoms with Crippen molar-refractivity contribution in [2.24, 2.45) is 11.7 Å². The summed E-state index contributed by atoms with van der Waals surface area (Å²) in [7, 11) is 0. The zero-order chi connectivity index (χ0) is 17.3. The van der Waals surface area contributed by atoms with Crippen LogP contribution in [0.2, 0.25) is 0 Å². The Bertz CT molecular complexity index is 589. The number of likely N-dealkylation sites (tertiary alicyclic amines) is 1. The smallest absolute Gasteiger partial charge is 0.236 e. The predicted octanol–water partition coefficient (Wildman–Crippen LogP) is 1.19. The first-order chi connectivity index (χ1) is 11.4. The van der Waals surface area contributed by atoms with Crippen LogP contribution in [0.4, 0.5) is 0 Å². The van der Waals surface area contributed by atoms with E-state index >= 15 is 0 Å². The lowest BCUT2D eigenvalue weighted by atomic mass is 9.92. The Labute approximate surface area is 145 Å². The van der Waals surface area contributed by atoms with Crippen LogP contribution in [0.15, 0.2) is 6.07 Å². The number of amides is 1. The van der Waals surface area contributed by atoms with Gasteiger partial charge in [-0.1, -0.05) is 20.8 Å². The van der Waals surface area contributed by atoms with E-state index in [2.05, 4.69) is 36.4 Å². The minimum atomic E-state index is 0.0891. The zero-order valence-corrected chi connectivity index (χ0v) is 15.3. The molecule has 1 saturated heterocycles. The van der Waals surface area contributed by atoms with Crippen molar-refractivity contribution in [3.8, 4) is 0 Å². The highest BCUT2D eigenvalue weighted by Crippen LogP contribution is 2.25. The lowest BCUT2D eigenvalue weighted by molar-refractivity contribution is -0.131. The highest BCUT2D eigenvalue weighted by molar-refractivity contribution is 5.78. The highest BCUT2D eigenvalue weighted by atomic mass is 16.2. The fourth-order valence-electron chi connectivity index (χ4n) is 3.78. The first kappa shape index (κ1) is 17.4. The molecule has 6 nitrogen and oxygen atoms in total. The van der Waals surface area contributed by atoms with Crippen LogP contribution < -0.4 is 5.73 Å². The topological polar surface area (TPSA) is 67.4 Å². The van der Waals surface area contributed by atoms with Crippen molar-refractivity contribution in [1.82, 2.24) is 19.6 Å². The highest BCUT2D eigenvalue weighted by Gasteiger charge is 2.27. The van der Waals surface area contributed by atoms with Gasteiger partial charge in [0.1, 0.15) is 0 Å². The number of carbonyl (C=O) groups excluding carboxylic acids is 1. The second-order valence-corrected chi connectivity index (χ2v) is 8.28. The summed E-state index contributed by atoms with van der Waals surface area (Å²) in [6, 6.07) is 2.26. The first-order valence-corrected chi connectivity index (χ1v) is 9.14. The van der Waals surface area contributed by atoms with E-state index in [0.717, 1.165) is 45.7 Å². The van der Waals surface area contributed by atoms with Crippen LogP contribution >= 0.6 is 0 Å². The summed E-state index contributed by atoms with van der Waals surface area (Å²) < 4.78 is 2.17. The zero-order valence-electron chi connectivity index (χ0n) is 15.3. The Morgan fingerprint density at radius 3 is 2.83 bits per heavy atom. The molecule has 134 valence electrons. The Hall–Kier alpha value is -1.40. The molecule has 0 bridgehead atoms. The van der Waals surface area contributed by atoms with Gasteiger partial charge in [-0.3, -0.25) is 14.4 Å². The normalized spacial score (nSPS) is 22.5. The number of nitrogens with zero attached hydrogens (tertiary/aromatic N) is 4. The van der Waals surface area contributed by atoms with E-state index in [0.29, 0.717) is 5.92 Å². The Morgan fingerprint density at radius 1 is 1.33 bits per heavy atom. The number of hydrogen-bond donors (Lipinski definition) is 1. The third kappa shape index (κ3) is 3.81. The standard InChI is InChI=1S/C18H31N5O/c1-18(2,3)16-9-15-13-21(7-8-23(15)20-16)11-14-5-4-6-22(12-14)17(24)10-19/h9,14H,4-8,10-13,19H2,1-3H3. The minimum absolute atomic E-state index is 0.0891. The monoisotopic (exact) mass is 333 g/mol. The van der Waals surface area contributed by atoms with Crippen molar-refractivity contribution in [1.29, 1.82) is 0 Å². The van der Waals surface area contributed by atoms with Crippen LogP contribution in [-0.2, 0) is 23.3 Å². The third-order valence-corrected chi connectivity index (χ3v) is 5.21. The molecule has 1 fully saturated rings. The van der Waals surface area contributed by atoms with Crippen molar-refractivity contribution < 1.29 is 4.79 Å². The summed E-state index contributed by atoms with van der Waals surface area (Å²) in [4.78, 5) is 16.3. The number of piperidine rings is 1. The number of rotatable bonds is 3. The third-order valence-electron chi connectivity index (χ3n) is 5.21. The molecular weight excluding hydrogens is 302 g/mol. The summed E-state index contributed by atoms with van der Waals surface area (Å²) in [5, 5.41) is 4.77. The second kappa shape index (κ2) is 6.84. The van der Waals surface area contributed by atoms with Crippen molar-refractivity contribution in [3.05, 3.63) is 17.5 Å². The molecule has 1 amide bonds. The molecule has 24 heavy (non-hydrogen) atoms. The van der Waals surface area contributed by atoms with Crippen molar-refractivity contribution in [2.45, 2.75) is 52.1 Å². The minimum Gasteiger partial charge on any atom is -0.341 e. The molecule has 0 saturated carbocycles. The van der Waals surface area contributed by atoms with Crippen LogP contribution in [0.25, 0.3) is 0 Å². The van der Waals surface area contributed by atoms with Gasteiger partial charge in [-0.25, -0.2) is 0 Å². The van der Waals surface area contributed by atoms with Gasteiger partial charge < -0.3 is 10.6 Å². The molecule has 0 aromatic carbocycles. The van der Waals surface area contributed by atoms with Gasteiger partial charge in [-0.15, -0.1) is 0 Å². The van der Waals surface area contributed by atoms with Gasteiger partial charge in [0.2, 0.25) is 5.91 Å². The van der Waals surface area contributed by atoms with Gasteiger partial charge in [-0.2, -0.15) is 5.10 Å². The molecule has 0 spiro atoms. The van der Waals surface area contributed by atoms with E-state index in [1.54, 1.807) is 0 Å². The average molecular weight is 333 g/mol. The quantitative estimate of drug-likeness (QED) is 0.902. The first-order valence-electron chi connectivity index (χ1n) is 9.14. The van der Waals surface area contributed by atoms with E-state index in [1.165, 1.54) is 17.8 Å². The predicted molar refractivity (Wildman–Crippen MR) is 94.6 cm³/mol. The molecule has 1 aromatic rings. The molecule has 3 heterocycles. The van der Waals surface area contributed by atoms with Crippen molar-refractivity contribution in [2.75, 3.05) is 32.7 Å². The maximum Gasteiger partial charge on any atom is 0.236 e. The average Bonchev–Trinajstić information content (AvgIpc) is 2.98. The Balaban J connectivity index is 1.60. The van der Waals surface area contributed by atoms with Gasteiger partial charge in [-0.05, 0) is 24.8 Å². The maximum absolute atomic E-state index is 11.8. The molecule has 1 unspecified atom stereocenters. The van der Waals surface area contributed by atoms with E-state index in [9.17, 15) is 4.79 Å². The second-order valence-electron chi connectivity index (χ2n) is 8.28. The molecular formula is C18H31N5O. The van der Waals surface area contributed by atoms with E-state index < -0.39 is 0 Å². The van der Waals surface area contributed by atoms with Gasteiger partial charge in [0.25, 0.3) is 0 Å². The van der Waals surface area contributed by atoms with Crippen LogP contribution in [0, 0.1) is 5.92 Å². The fraction of sp³-hybridized carbons (Fsp3) is 0.778. The largest absolute Gasteiger partial charge is 0.341 e. The van der Waals surface area contributed by atoms with Gasteiger partial charge >= 0.3 is 0 Å². The Morgan fingerprint density at radius 2 is 2.12 bits per heavy atom. The van der Waals surface area contributed by atoms with Crippen LogP contribution in [0.3, 0.4) is 0 Å². The number of carbonyl (C=O) groups is 1. The van der Waals surface area contributed by atoms with E-state index in [-0.39, 0.29) is 17.9 Å².